The first-order valence-electron chi connectivity index (χ1n) is 5.06. The highest BCUT2D eigenvalue weighted by molar-refractivity contribution is 5.74. The van der Waals surface area contributed by atoms with E-state index in [1.54, 1.807) is 24.3 Å². The van der Waals surface area contributed by atoms with Crippen molar-refractivity contribution in [2.24, 2.45) is 0 Å². The second kappa shape index (κ2) is 3.72. The molecule has 0 aliphatic heterocycles. The molecule has 0 bridgehead atoms. The molecule has 1 aliphatic carbocycles. The SMILES string of the molecule is O=Cc1ccc(C2CCCC2(F)F)cc1. The number of alkyl halides is 2. The minimum atomic E-state index is -2.58. The molecule has 0 amide bonds. The first-order chi connectivity index (χ1) is 7.13. The maximum absolute atomic E-state index is 13.4. The largest absolute Gasteiger partial charge is 0.298 e. The standard InChI is InChI=1S/C12H12F2O/c13-12(14)7-1-2-11(12)10-5-3-9(8-15)4-6-10/h3-6,8,11H,1-2,7H2. The van der Waals surface area contributed by atoms with E-state index in [1.165, 1.54) is 0 Å². The van der Waals surface area contributed by atoms with Gasteiger partial charge in [0.1, 0.15) is 6.29 Å². The highest BCUT2D eigenvalue weighted by Gasteiger charge is 2.44. The Kier molecular flexibility index (Phi) is 2.55. The van der Waals surface area contributed by atoms with Crippen LogP contribution in [0.3, 0.4) is 0 Å². The van der Waals surface area contributed by atoms with Gasteiger partial charge in [0.05, 0.1) is 0 Å². The van der Waals surface area contributed by atoms with Gasteiger partial charge in [0.2, 0.25) is 0 Å². The van der Waals surface area contributed by atoms with Crippen molar-refractivity contribution >= 4 is 6.29 Å². The zero-order valence-corrected chi connectivity index (χ0v) is 8.25. The molecule has 2 rings (SSSR count). The Balaban J connectivity index is 2.26. The van der Waals surface area contributed by atoms with E-state index in [1.807, 2.05) is 0 Å². The van der Waals surface area contributed by atoms with Gasteiger partial charge >= 0.3 is 0 Å². The van der Waals surface area contributed by atoms with E-state index in [2.05, 4.69) is 0 Å². The zero-order chi connectivity index (χ0) is 10.9. The van der Waals surface area contributed by atoms with E-state index in [9.17, 15) is 13.6 Å². The third-order valence-corrected chi connectivity index (χ3v) is 2.99. The Morgan fingerprint density at radius 2 is 1.93 bits per heavy atom. The summed E-state index contributed by atoms with van der Waals surface area (Å²) < 4.78 is 26.8. The molecule has 1 aliphatic rings. The molecule has 0 spiro atoms. The van der Waals surface area contributed by atoms with E-state index in [-0.39, 0.29) is 6.42 Å². The van der Waals surface area contributed by atoms with Crippen LogP contribution in [0.5, 0.6) is 0 Å². The summed E-state index contributed by atoms with van der Waals surface area (Å²) in [6, 6.07) is 6.45. The maximum Gasteiger partial charge on any atom is 0.254 e. The van der Waals surface area contributed by atoms with E-state index >= 15 is 0 Å². The molecular formula is C12H12F2O. The number of carbonyl (C=O) groups excluding carboxylic acids is 1. The lowest BCUT2D eigenvalue weighted by Crippen LogP contribution is -2.19. The lowest BCUT2D eigenvalue weighted by Gasteiger charge is -2.19. The minimum absolute atomic E-state index is 0.0207. The topological polar surface area (TPSA) is 17.1 Å². The predicted molar refractivity (Wildman–Crippen MR) is 53.4 cm³/mol. The molecule has 0 aromatic heterocycles. The monoisotopic (exact) mass is 210 g/mol. The summed E-state index contributed by atoms with van der Waals surface area (Å²) in [5.74, 6) is -3.25. The van der Waals surface area contributed by atoms with Crippen LogP contribution in [-0.2, 0) is 0 Å². The van der Waals surface area contributed by atoms with Crippen LogP contribution >= 0.6 is 0 Å². The number of aldehydes is 1. The average Bonchev–Trinajstić information content (AvgIpc) is 2.58. The normalized spacial score (nSPS) is 24.0. The van der Waals surface area contributed by atoms with Gasteiger partial charge in [-0.25, -0.2) is 8.78 Å². The van der Waals surface area contributed by atoms with Gasteiger partial charge in [-0.15, -0.1) is 0 Å². The van der Waals surface area contributed by atoms with Crippen molar-refractivity contribution in [1.29, 1.82) is 0 Å². The van der Waals surface area contributed by atoms with Gasteiger partial charge in [-0.1, -0.05) is 24.3 Å². The van der Waals surface area contributed by atoms with Crippen LogP contribution in [0.4, 0.5) is 8.78 Å². The number of hydrogen-bond donors (Lipinski definition) is 0. The second-order valence-corrected chi connectivity index (χ2v) is 3.99. The summed E-state index contributed by atoms with van der Waals surface area (Å²) in [7, 11) is 0. The van der Waals surface area contributed by atoms with E-state index in [0.717, 1.165) is 6.29 Å². The minimum Gasteiger partial charge on any atom is -0.298 e. The van der Waals surface area contributed by atoms with Crippen molar-refractivity contribution < 1.29 is 13.6 Å². The van der Waals surface area contributed by atoms with Gasteiger partial charge in [-0.05, 0) is 18.4 Å². The third-order valence-electron chi connectivity index (χ3n) is 2.99. The van der Waals surface area contributed by atoms with Crippen molar-refractivity contribution in [3.63, 3.8) is 0 Å². The highest BCUT2D eigenvalue weighted by atomic mass is 19.3. The smallest absolute Gasteiger partial charge is 0.254 e. The number of rotatable bonds is 2. The molecule has 15 heavy (non-hydrogen) atoms. The molecule has 0 N–H and O–H groups in total. The highest BCUT2D eigenvalue weighted by Crippen LogP contribution is 2.46. The Bertz CT molecular complexity index is 356. The Hall–Kier alpha value is -1.25. The summed E-state index contributed by atoms with van der Waals surface area (Å²) in [4.78, 5) is 10.4. The molecule has 1 fully saturated rings. The molecule has 80 valence electrons. The average molecular weight is 210 g/mol. The first-order valence-corrected chi connectivity index (χ1v) is 5.06. The van der Waals surface area contributed by atoms with Crippen molar-refractivity contribution in [1.82, 2.24) is 0 Å². The van der Waals surface area contributed by atoms with E-state index < -0.39 is 11.8 Å². The Labute approximate surface area is 87.1 Å². The zero-order valence-electron chi connectivity index (χ0n) is 8.25. The van der Waals surface area contributed by atoms with Crippen LogP contribution in [0.25, 0.3) is 0 Å². The number of carbonyl (C=O) groups is 1. The van der Waals surface area contributed by atoms with Crippen LogP contribution in [0.1, 0.15) is 41.1 Å². The van der Waals surface area contributed by atoms with Crippen LogP contribution in [0.15, 0.2) is 24.3 Å². The lowest BCUT2D eigenvalue weighted by atomic mass is 9.94. The third kappa shape index (κ3) is 1.91. The summed E-state index contributed by atoms with van der Waals surface area (Å²) in [5, 5.41) is 0. The molecule has 0 saturated heterocycles. The molecule has 1 aromatic rings. The molecule has 0 heterocycles. The maximum atomic E-state index is 13.4. The fourth-order valence-electron chi connectivity index (χ4n) is 2.14. The molecule has 3 heteroatoms. The molecular weight excluding hydrogens is 198 g/mol. The molecule has 1 nitrogen and oxygen atoms in total. The molecule has 0 radical (unpaired) electrons. The van der Waals surface area contributed by atoms with Crippen LogP contribution in [0.2, 0.25) is 0 Å². The lowest BCUT2D eigenvalue weighted by molar-refractivity contribution is -0.00895. The summed E-state index contributed by atoms with van der Waals surface area (Å²) in [6.07, 6.45) is 1.81. The van der Waals surface area contributed by atoms with Gasteiger partial charge < -0.3 is 0 Å². The van der Waals surface area contributed by atoms with Gasteiger partial charge in [-0.3, -0.25) is 4.79 Å². The number of halogens is 2. The number of hydrogen-bond acceptors (Lipinski definition) is 1. The Morgan fingerprint density at radius 3 is 2.40 bits per heavy atom. The van der Waals surface area contributed by atoms with E-state index in [0.29, 0.717) is 24.0 Å². The second-order valence-electron chi connectivity index (χ2n) is 3.99. The van der Waals surface area contributed by atoms with Gasteiger partial charge in [0, 0.05) is 17.9 Å². The summed E-state index contributed by atoms with van der Waals surface area (Å²) in [6.45, 7) is 0. The Morgan fingerprint density at radius 1 is 1.27 bits per heavy atom. The fourth-order valence-corrected chi connectivity index (χ4v) is 2.14. The summed E-state index contributed by atoms with van der Waals surface area (Å²) in [5.41, 5.74) is 1.17. The van der Waals surface area contributed by atoms with Gasteiger partial charge in [-0.2, -0.15) is 0 Å². The van der Waals surface area contributed by atoms with Gasteiger partial charge in [0.25, 0.3) is 5.92 Å². The van der Waals surface area contributed by atoms with Crippen molar-refractivity contribution in [3.05, 3.63) is 35.4 Å². The van der Waals surface area contributed by atoms with Crippen molar-refractivity contribution in [3.8, 4) is 0 Å². The van der Waals surface area contributed by atoms with Crippen LogP contribution in [0, 0.1) is 0 Å². The summed E-state index contributed by atoms with van der Waals surface area (Å²) >= 11 is 0. The van der Waals surface area contributed by atoms with Gasteiger partial charge in [0.15, 0.2) is 0 Å². The quantitative estimate of drug-likeness (QED) is 0.684. The molecule has 1 saturated carbocycles. The van der Waals surface area contributed by atoms with Crippen molar-refractivity contribution in [2.75, 3.05) is 0 Å². The number of benzene rings is 1. The van der Waals surface area contributed by atoms with E-state index in [4.69, 9.17) is 0 Å². The fraction of sp³-hybridized carbons (Fsp3) is 0.417. The predicted octanol–water partition coefficient (Wildman–Crippen LogP) is 3.40. The van der Waals surface area contributed by atoms with Crippen LogP contribution in [-0.4, -0.2) is 12.2 Å². The van der Waals surface area contributed by atoms with Crippen molar-refractivity contribution in [2.45, 2.75) is 31.1 Å². The molecule has 1 atom stereocenters. The molecule has 1 aromatic carbocycles. The van der Waals surface area contributed by atoms with Crippen LogP contribution < -0.4 is 0 Å². The first kappa shape index (κ1) is 10.3. The molecule has 1 unspecified atom stereocenters.